The number of carboxylic acid groups (broad SMARTS) is 1. The number of hydrogen-bond donors (Lipinski definition) is 1. The Kier molecular flexibility index (Phi) is 8.70. The van der Waals surface area contributed by atoms with Gasteiger partial charge < -0.3 is 34.2 Å². The van der Waals surface area contributed by atoms with Crippen LogP contribution in [0.4, 0.5) is 21.1 Å². The van der Waals surface area contributed by atoms with Gasteiger partial charge in [0.05, 0.1) is 41.3 Å². The smallest absolute Gasteiger partial charge is 0.410 e. The fraction of sp³-hybridized carbons (Fsp3) is 0.500. The number of ether oxygens (including phenoxy) is 2. The second-order valence-electron chi connectivity index (χ2n) is 13.5. The summed E-state index contributed by atoms with van der Waals surface area (Å²) in [6, 6.07) is 13.9. The van der Waals surface area contributed by atoms with Crippen LogP contribution < -0.4 is 14.5 Å². The van der Waals surface area contributed by atoms with Crippen molar-refractivity contribution in [1.82, 2.24) is 19.8 Å². The monoisotopic (exact) mass is 661 g/mol. The molecule has 12 nitrogen and oxygen atoms in total. The molecule has 2 amide bonds. The number of benzene rings is 2. The molecule has 13 heteroatoms. The zero-order chi connectivity index (χ0) is 33.5. The molecule has 2 aliphatic heterocycles. The number of rotatable bonds is 7. The molecule has 1 N–H and O–H groups in total. The predicted molar refractivity (Wildman–Crippen MR) is 178 cm³/mol. The average molecular weight is 662 g/mol. The summed E-state index contributed by atoms with van der Waals surface area (Å²) in [7, 11) is 1.73. The molecule has 1 aromatic heterocycles. The summed E-state index contributed by atoms with van der Waals surface area (Å²) in [6.07, 6.45) is 0.821. The molecule has 1 unspecified atom stereocenters. The highest BCUT2D eigenvalue weighted by atomic mass is 35.5. The van der Waals surface area contributed by atoms with Gasteiger partial charge in [-0.2, -0.15) is 15.2 Å². The molecule has 1 saturated carbocycles. The first-order valence-electron chi connectivity index (χ1n) is 15.9. The summed E-state index contributed by atoms with van der Waals surface area (Å²) in [5, 5.41) is 21.9. The Balaban J connectivity index is 1.32. The Labute approximate surface area is 279 Å². The van der Waals surface area contributed by atoms with Gasteiger partial charge in [-0.25, -0.2) is 9.59 Å². The van der Waals surface area contributed by atoms with Gasteiger partial charge >= 0.3 is 18.2 Å². The van der Waals surface area contributed by atoms with E-state index < -0.39 is 29.4 Å². The largest absolute Gasteiger partial charge is 0.465 e. The minimum absolute atomic E-state index is 0.0779. The Morgan fingerprint density at radius 2 is 1.87 bits per heavy atom. The van der Waals surface area contributed by atoms with E-state index in [9.17, 15) is 20.0 Å². The Bertz CT molecular complexity index is 1730. The lowest BCUT2D eigenvalue weighted by atomic mass is 10.0. The minimum Gasteiger partial charge on any atom is -0.465 e. The van der Waals surface area contributed by atoms with Gasteiger partial charge in [0.15, 0.2) is 0 Å². The number of likely N-dealkylation sites (N-methyl/N-ethyl adjacent to an activating group) is 1. The molecule has 1 aliphatic carbocycles. The van der Waals surface area contributed by atoms with Crippen molar-refractivity contribution in [3.05, 3.63) is 52.7 Å². The molecule has 0 spiro atoms. The van der Waals surface area contributed by atoms with E-state index in [1.807, 2.05) is 51.1 Å². The average Bonchev–Trinajstić information content (AvgIpc) is 3.83. The van der Waals surface area contributed by atoms with E-state index in [1.165, 1.54) is 4.90 Å². The van der Waals surface area contributed by atoms with Crippen molar-refractivity contribution in [2.75, 3.05) is 49.6 Å². The second-order valence-corrected chi connectivity index (χ2v) is 13.9. The van der Waals surface area contributed by atoms with Gasteiger partial charge in [-0.15, -0.1) is 0 Å². The van der Waals surface area contributed by atoms with Crippen molar-refractivity contribution in [2.24, 2.45) is 0 Å². The van der Waals surface area contributed by atoms with E-state index in [-0.39, 0.29) is 25.6 Å². The van der Waals surface area contributed by atoms with Crippen LogP contribution >= 0.6 is 11.6 Å². The predicted octanol–water partition coefficient (Wildman–Crippen LogP) is 5.71. The van der Waals surface area contributed by atoms with Crippen LogP contribution in [0.25, 0.3) is 10.8 Å². The van der Waals surface area contributed by atoms with Gasteiger partial charge in [-0.3, -0.25) is 0 Å². The van der Waals surface area contributed by atoms with Crippen LogP contribution in [-0.2, 0) is 17.7 Å². The van der Waals surface area contributed by atoms with Crippen molar-refractivity contribution < 1.29 is 24.2 Å². The van der Waals surface area contributed by atoms with Gasteiger partial charge in [-0.05, 0) is 57.6 Å². The fourth-order valence-electron chi connectivity index (χ4n) is 6.48. The summed E-state index contributed by atoms with van der Waals surface area (Å²) in [4.78, 5) is 41.9. The quantitative estimate of drug-likeness (QED) is 0.336. The Hall–Kier alpha value is -4.50. The lowest BCUT2D eigenvalue weighted by molar-refractivity contribution is 0.0134. The number of hydrogen-bond acceptors (Lipinski definition) is 9. The lowest BCUT2D eigenvalue weighted by Crippen LogP contribution is -2.55. The van der Waals surface area contributed by atoms with E-state index in [1.54, 1.807) is 11.9 Å². The molecule has 3 aliphatic rings. The maximum absolute atomic E-state index is 12.9. The third-order valence-corrected chi connectivity index (χ3v) is 9.54. The molecule has 0 radical (unpaired) electrons. The van der Waals surface area contributed by atoms with Crippen LogP contribution in [0.3, 0.4) is 0 Å². The molecular weight excluding hydrogens is 622 g/mol. The summed E-state index contributed by atoms with van der Waals surface area (Å²) in [6.45, 7) is 7.91. The van der Waals surface area contributed by atoms with Crippen LogP contribution in [0.1, 0.15) is 51.3 Å². The summed E-state index contributed by atoms with van der Waals surface area (Å²) in [5.74, 6) is 0.693. The minimum atomic E-state index is -1.04. The molecule has 1 saturated heterocycles. The summed E-state index contributed by atoms with van der Waals surface area (Å²) >= 11 is 6.70. The summed E-state index contributed by atoms with van der Waals surface area (Å²) < 4.78 is 11.9. The summed E-state index contributed by atoms with van der Waals surface area (Å²) in [5.41, 5.74) is 1.67. The zero-order valence-electron chi connectivity index (χ0n) is 27.2. The van der Waals surface area contributed by atoms with Crippen LogP contribution in [0.15, 0.2) is 36.4 Å². The lowest BCUT2D eigenvalue weighted by Gasteiger charge is -2.41. The number of anilines is 2. The van der Waals surface area contributed by atoms with Crippen molar-refractivity contribution >= 4 is 46.1 Å². The van der Waals surface area contributed by atoms with E-state index in [4.69, 9.17) is 31.0 Å². The van der Waals surface area contributed by atoms with Crippen molar-refractivity contribution in [3.8, 4) is 12.1 Å². The first kappa shape index (κ1) is 32.4. The van der Waals surface area contributed by atoms with Gasteiger partial charge in [0, 0.05) is 49.9 Å². The normalized spacial score (nSPS) is 18.7. The number of halogens is 1. The number of carbonyl (C=O) groups excluding carboxylic acids is 1. The van der Waals surface area contributed by atoms with E-state index in [0.29, 0.717) is 43.4 Å². The van der Waals surface area contributed by atoms with Crippen molar-refractivity contribution in [2.45, 2.75) is 70.2 Å². The number of fused-ring (bicyclic) bond motifs is 2. The number of piperazine rings is 1. The Morgan fingerprint density at radius 3 is 2.55 bits per heavy atom. The fourth-order valence-corrected chi connectivity index (χ4v) is 6.76. The molecular formula is C34H40ClN7O5. The molecule has 0 bridgehead atoms. The number of aromatic nitrogens is 2. The highest BCUT2D eigenvalue weighted by Crippen LogP contribution is 2.42. The molecule has 3 aromatic rings. The molecule has 2 fully saturated rings. The number of amides is 2. The first-order chi connectivity index (χ1) is 22.4. The Morgan fingerprint density at radius 1 is 1.13 bits per heavy atom. The highest BCUT2D eigenvalue weighted by molar-refractivity contribution is 6.36. The maximum Gasteiger partial charge on any atom is 0.410 e. The highest BCUT2D eigenvalue weighted by Gasteiger charge is 2.51. The van der Waals surface area contributed by atoms with Crippen LogP contribution in [0.5, 0.6) is 6.01 Å². The van der Waals surface area contributed by atoms with Gasteiger partial charge in [0.2, 0.25) is 0 Å². The van der Waals surface area contributed by atoms with E-state index in [2.05, 4.69) is 21.9 Å². The second kappa shape index (κ2) is 12.6. The number of nitrogens with zero attached hydrogens (tertiary/aromatic N) is 7. The topological polar surface area (TPSA) is 135 Å². The van der Waals surface area contributed by atoms with E-state index in [0.717, 1.165) is 40.6 Å². The zero-order valence-corrected chi connectivity index (χ0v) is 28.0. The van der Waals surface area contributed by atoms with Gasteiger partial charge in [0.1, 0.15) is 18.0 Å². The van der Waals surface area contributed by atoms with Gasteiger partial charge in [-0.1, -0.05) is 35.9 Å². The maximum atomic E-state index is 12.9. The van der Waals surface area contributed by atoms with Crippen LogP contribution in [0, 0.1) is 11.3 Å². The molecule has 1 atom stereocenters. The van der Waals surface area contributed by atoms with Gasteiger partial charge in [0.25, 0.3) is 0 Å². The van der Waals surface area contributed by atoms with Crippen molar-refractivity contribution in [1.29, 1.82) is 5.26 Å². The van der Waals surface area contributed by atoms with Crippen LogP contribution in [0.2, 0.25) is 5.02 Å². The standard InChI is InChI=1S/C34H40ClN7O5/c1-33(2,3)47-32(45)39(4)34(13-14-34)21-46-30-37-26-20-40(27-10-6-8-22-7-5-9-25(35)28(22)27)16-12-24(26)29(38-30)41-17-18-42(31(43)44)23(19-41)11-15-36/h5-10,23H,11-14,16-21H2,1-4H3,(H,43,44). The third-order valence-electron chi connectivity index (χ3n) is 9.23. The molecule has 248 valence electrons. The number of nitriles is 1. The third kappa shape index (κ3) is 6.67. The number of carbonyl (C=O) groups is 2. The SMILES string of the molecule is CN(C(=O)OC(C)(C)C)C1(COc2nc3c(c(N4CCN(C(=O)O)C(CC#N)C4)n2)CCN(c2cccc4cccc(Cl)c24)C3)CC1. The van der Waals surface area contributed by atoms with Crippen LogP contribution in [-0.4, -0.2) is 94.1 Å². The molecule has 2 aromatic carbocycles. The molecule has 6 rings (SSSR count). The van der Waals surface area contributed by atoms with E-state index >= 15 is 0 Å². The molecule has 3 heterocycles. The molecule has 47 heavy (non-hydrogen) atoms. The van der Waals surface area contributed by atoms with Crippen molar-refractivity contribution in [3.63, 3.8) is 0 Å². The first-order valence-corrected chi connectivity index (χ1v) is 16.3.